The molecule has 34 heavy (non-hydrogen) atoms. The topological polar surface area (TPSA) is 0 Å². The van der Waals surface area contributed by atoms with Gasteiger partial charge in [-0.05, 0) is 61.4 Å². The molecule has 3 unspecified atom stereocenters. The molecule has 0 bridgehead atoms. The molecule has 172 valence electrons. The Morgan fingerprint density at radius 2 is 1.50 bits per heavy atom. The zero-order valence-electron chi connectivity index (χ0n) is 21.0. The van der Waals surface area contributed by atoms with E-state index in [1.807, 2.05) is 0 Å². The molecule has 3 aliphatic rings. The smallest absolute Gasteiger partial charge is 0.0549 e. The van der Waals surface area contributed by atoms with Gasteiger partial charge < -0.3 is 0 Å². The molecule has 3 aromatic carbocycles. The summed E-state index contributed by atoms with van der Waals surface area (Å²) in [6.07, 6.45) is 7.50. The van der Waals surface area contributed by atoms with E-state index in [4.69, 9.17) is 0 Å². The van der Waals surface area contributed by atoms with Crippen LogP contribution in [0.15, 0.2) is 88.9 Å². The van der Waals surface area contributed by atoms with Crippen molar-refractivity contribution in [3.8, 4) is 11.1 Å². The lowest BCUT2D eigenvalue weighted by Crippen LogP contribution is -2.34. The van der Waals surface area contributed by atoms with Crippen molar-refractivity contribution in [2.45, 2.75) is 58.3 Å². The Labute approximate surface area is 212 Å². The Balaban J connectivity index is 1.77. The summed E-state index contributed by atoms with van der Waals surface area (Å²) in [4.78, 5) is 0. The molecule has 6 rings (SSSR count). The molecule has 3 aromatic rings. The molecule has 3 aliphatic carbocycles. The van der Waals surface area contributed by atoms with Gasteiger partial charge in [-0.1, -0.05) is 130 Å². The number of halogens is 1. The summed E-state index contributed by atoms with van der Waals surface area (Å²) >= 11 is 4.03. The second-order valence-corrected chi connectivity index (χ2v) is 13.2. The Hall–Kier alpha value is -2.38. The van der Waals surface area contributed by atoms with Crippen LogP contribution in [-0.4, -0.2) is 0 Å². The molecular formula is C33H33Br. The molecule has 0 fully saturated rings. The van der Waals surface area contributed by atoms with Crippen molar-refractivity contribution in [1.82, 2.24) is 0 Å². The van der Waals surface area contributed by atoms with Gasteiger partial charge in [-0.15, -0.1) is 0 Å². The molecule has 0 amide bonds. The maximum atomic E-state index is 4.03. The van der Waals surface area contributed by atoms with E-state index >= 15 is 0 Å². The summed E-state index contributed by atoms with van der Waals surface area (Å²) in [7, 11) is 0. The van der Waals surface area contributed by atoms with Gasteiger partial charge in [-0.25, -0.2) is 0 Å². The van der Waals surface area contributed by atoms with Crippen LogP contribution in [0.1, 0.15) is 75.3 Å². The van der Waals surface area contributed by atoms with Gasteiger partial charge in [0.2, 0.25) is 0 Å². The zero-order chi connectivity index (χ0) is 24.0. The highest BCUT2D eigenvalue weighted by molar-refractivity contribution is 9.10. The van der Waals surface area contributed by atoms with Crippen molar-refractivity contribution >= 4 is 15.9 Å². The minimum Gasteiger partial charge on any atom is -0.0761 e. The Morgan fingerprint density at radius 1 is 0.765 bits per heavy atom. The van der Waals surface area contributed by atoms with Gasteiger partial charge >= 0.3 is 0 Å². The van der Waals surface area contributed by atoms with E-state index in [2.05, 4.69) is 136 Å². The average Bonchev–Trinajstić information content (AvgIpc) is 3.25. The maximum Gasteiger partial charge on any atom is 0.0549 e. The lowest BCUT2D eigenvalue weighted by Gasteiger charge is -2.39. The Bertz CT molecular complexity index is 1390. The van der Waals surface area contributed by atoms with Gasteiger partial charge in [0.15, 0.2) is 0 Å². The van der Waals surface area contributed by atoms with Crippen molar-refractivity contribution in [3.05, 3.63) is 117 Å². The van der Waals surface area contributed by atoms with Crippen LogP contribution in [0.2, 0.25) is 0 Å². The normalized spacial score (nSPS) is 24.5. The van der Waals surface area contributed by atoms with Crippen molar-refractivity contribution in [3.63, 3.8) is 0 Å². The van der Waals surface area contributed by atoms with Crippen LogP contribution in [0.4, 0.5) is 0 Å². The fourth-order valence-electron chi connectivity index (χ4n) is 6.68. The minimum absolute atomic E-state index is 0.0983. The number of hydrogen-bond donors (Lipinski definition) is 0. The number of allylic oxidation sites excluding steroid dienone is 4. The molecular weight excluding hydrogens is 476 g/mol. The predicted octanol–water partition coefficient (Wildman–Crippen LogP) is 9.32. The summed E-state index contributed by atoms with van der Waals surface area (Å²) in [5.41, 5.74) is 11.5. The monoisotopic (exact) mass is 508 g/mol. The van der Waals surface area contributed by atoms with Crippen molar-refractivity contribution in [2.75, 3.05) is 0 Å². The van der Waals surface area contributed by atoms with Gasteiger partial charge in [-0.3, -0.25) is 0 Å². The van der Waals surface area contributed by atoms with E-state index in [1.54, 1.807) is 0 Å². The molecule has 0 N–H and O–H groups in total. The zero-order valence-corrected chi connectivity index (χ0v) is 22.6. The average molecular weight is 510 g/mol. The van der Waals surface area contributed by atoms with E-state index < -0.39 is 0 Å². The van der Waals surface area contributed by atoms with E-state index in [9.17, 15) is 0 Å². The lowest BCUT2D eigenvalue weighted by molar-refractivity contribution is 0.438. The van der Waals surface area contributed by atoms with E-state index in [-0.39, 0.29) is 16.2 Å². The van der Waals surface area contributed by atoms with Gasteiger partial charge in [-0.2, -0.15) is 0 Å². The molecule has 0 heterocycles. The van der Waals surface area contributed by atoms with E-state index in [0.717, 1.165) is 0 Å². The second-order valence-electron chi connectivity index (χ2n) is 12.4. The number of fused-ring (bicyclic) bond motifs is 10. The van der Waals surface area contributed by atoms with Crippen LogP contribution in [0.25, 0.3) is 11.1 Å². The molecule has 0 saturated carbocycles. The van der Waals surface area contributed by atoms with Crippen LogP contribution in [-0.2, 0) is 10.8 Å². The highest BCUT2D eigenvalue weighted by Crippen LogP contribution is 2.67. The first-order valence-corrected chi connectivity index (χ1v) is 13.3. The van der Waals surface area contributed by atoms with Gasteiger partial charge in [0.05, 0.1) is 5.41 Å². The van der Waals surface area contributed by atoms with Crippen LogP contribution in [0.5, 0.6) is 0 Å². The SMILES string of the molecule is CC(C)(C)C1=CC2C(C=C1)c1ccc(C(C)(C)C)cc1C21c2ccccc2-c2cccc(Br)c21. The molecule has 0 nitrogen and oxygen atoms in total. The molecule has 1 spiro atoms. The fourth-order valence-corrected chi connectivity index (χ4v) is 7.36. The summed E-state index contributed by atoms with van der Waals surface area (Å²) < 4.78 is 1.22. The quantitative estimate of drug-likeness (QED) is 0.283. The third kappa shape index (κ3) is 2.83. The summed E-state index contributed by atoms with van der Waals surface area (Å²) in [6, 6.07) is 23.2. The molecule has 0 aromatic heterocycles. The molecule has 0 aliphatic heterocycles. The molecule has 0 saturated heterocycles. The van der Waals surface area contributed by atoms with Crippen molar-refractivity contribution < 1.29 is 0 Å². The molecule has 1 heteroatoms. The van der Waals surface area contributed by atoms with Gasteiger partial charge in [0.1, 0.15) is 0 Å². The van der Waals surface area contributed by atoms with Crippen LogP contribution >= 0.6 is 15.9 Å². The van der Waals surface area contributed by atoms with Crippen molar-refractivity contribution in [1.29, 1.82) is 0 Å². The second kappa shape index (κ2) is 7.08. The predicted molar refractivity (Wildman–Crippen MR) is 148 cm³/mol. The first kappa shape index (κ1) is 22.1. The van der Waals surface area contributed by atoms with Gasteiger partial charge in [0, 0.05) is 16.3 Å². The fraction of sp³-hybridized carbons (Fsp3) is 0.333. The van der Waals surface area contributed by atoms with Crippen LogP contribution in [0.3, 0.4) is 0 Å². The lowest BCUT2D eigenvalue weighted by atomic mass is 9.63. The molecule has 3 atom stereocenters. The van der Waals surface area contributed by atoms with Gasteiger partial charge in [0.25, 0.3) is 0 Å². The first-order valence-electron chi connectivity index (χ1n) is 12.5. The summed E-state index contributed by atoms with van der Waals surface area (Å²) in [5.74, 6) is 0.722. The van der Waals surface area contributed by atoms with Crippen LogP contribution < -0.4 is 0 Å². The Morgan fingerprint density at radius 3 is 2.24 bits per heavy atom. The highest BCUT2D eigenvalue weighted by Gasteiger charge is 2.58. The van der Waals surface area contributed by atoms with E-state index in [0.29, 0.717) is 11.8 Å². The Kier molecular flexibility index (Phi) is 4.60. The van der Waals surface area contributed by atoms with Crippen molar-refractivity contribution in [2.24, 2.45) is 11.3 Å². The standard InChI is InChI=1S/C33H33Br/c1-31(2,3)20-14-16-23-24-17-15-21(32(4,5)6)19-28(24)33(27(23)18-20)26-12-8-7-10-22(26)25-11-9-13-29(34)30(25)33/h7-19,23,27H,1-6H3. The summed E-state index contributed by atoms with van der Waals surface area (Å²) in [5, 5.41) is 0. The number of hydrogen-bond acceptors (Lipinski definition) is 0. The minimum atomic E-state index is -0.200. The number of benzene rings is 3. The first-order chi connectivity index (χ1) is 16.0. The third-order valence-corrected chi connectivity index (χ3v) is 9.01. The molecule has 0 radical (unpaired) electrons. The summed E-state index contributed by atoms with van der Waals surface area (Å²) in [6.45, 7) is 14.0. The van der Waals surface area contributed by atoms with E-state index in [1.165, 1.54) is 49.0 Å². The largest absolute Gasteiger partial charge is 0.0761 e. The maximum absolute atomic E-state index is 4.03. The highest BCUT2D eigenvalue weighted by atomic mass is 79.9. The third-order valence-electron chi connectivity index (χ3n) is 8.35. The van der Waals surface area contributed by atoms with Crippen LogP contribution in [0, 0.1) is 11.3 Å². The number of rotatable bonds is 0.